The second-order valence-corrected chi connectivity index (χ2v) is 9.32. The van der Waals surface area contributed by atoms with Gasteiger partial charge >= 0.3 is 6.09 Å². The van der Waals surface area contributed by atoms with Crippen molar-refractivity contribution in [1.29, 1.82) is 0 Å². The standard InChI is InChI=1S/C24H29FN4O3/c1-15-6-7-19(18(25)12-15)28(5)22-21-20(26-14-27-22)17(13-31-21)16-8-10-29(11-9-16)23(30)32-24(2,3)4/h6-7,12-14,16H,8-11H2,1-5H3. The van der Waals surface area contributed by atoms with Gasteiger partial charge in [0.2, 0.25) is 0 Å². The maximum Gasteiger partial charge on any atom is 0.410 e. The molecule has 32 heavy (non-hydrogen) atoms. The largest absolute Gasteiger partial charge is 0.458 e. The van der Waals surface area contributed by atoms with E-state index in [1.165, 1.54) is 12.4 Å². The summed E-state index contributed by atoms with van der Waals surface area (Å²) in [5.41, 5.74) is 3.00. The van der Waals surface area contributed by atoms with Crippen molar-refractivity contribution >= 4 is 28.7 Å². The van der Waals surface area contributed by atoms with Gasteiger partial charge in [0.05, 0.1) is 12.0 Å². The minimum atomic E-state index is -0.509. The molecule has 8 heteroatoms. The van der Waals surface area contributed by atoms with Crippen molar-refractivity contribution in [3.63, 3.8) is 0 Å². The van der Waals surface area contributed by atoms with Crippen molar-refractivity contribution in [2.75, 3.05) is 25.0 Å². The molecule has 3 aromatic rings. The van der Waals surface area contributed by atoms with Crippen LogP contribution in [0, 0.1) is 12.7 Å². The van der Waals surface area contributed by atoms with E-state index in [1.807, 2.05) is 33.8 Å². The van der Waals surface area contributed by atoms with Gasteiger partial charge < -0.3 is 19.0 Å². The molecule has 1 saturated heterocycles. The Labute approximate surface area is 187 Å². The highest BCUT2D eigenvalue weighted by molar-refractivity contribution is 5.88. The third kappa shape index (κ3) is 4.40. The smallest absolute Gasteiger partial charge is 0.410 e. The lowest BCUT2D eigenvalue weighted by Gasteiger charge is -2.33. The van der Waals surface area contributed by atoms with Gasteiger partial charge in [-0.2, -0.15) is 0 Å². The summed E-state index contributed by atoms with van der Waals surface area (Å²) in [4.78, 5) is 24.6. The number of rotatable bonds is 3. The fourth-order valence-electron chi connectivity index (χ4n) is 4.08. The van der Waals surface area contributed by atoms with Crippen LogP contribution < -0.4 is 4.90 Å². The molecule has 0 N–H and O–H groups in total. The van der Waals surface area contributed by atoms with E-state index in [4.69, 9.17) is 9.15 Å². The Morgan fingerprint density at radius 3 is 2.62 bits per heavy atom. The van der Waals surface area contributed by atoms with Gasteiger partial charge in [0.15, 0.2) is 11.4 Å². The zero-order chi connectivity index (χ0) is 23.0. The van der Waals surface area contributed by atoms with Crippen molar-refractivity contribution in [3.05, 3.63) is 47.7 Å². The Balaban J connectivity index is 1.55. The van der Waals surface area contributed by atoms with Crippen LogP contribution in [0.25, 0.3) is 11.1 Å². The highest BCUT2D eigenvalue weighted by Crippen LogP contribution is 2.37. The summed E-state index contributed by atoms with van der Waals surface area (Å²) in [6.45, 7) is 8.67. The number of benzene rings is 1. The van der Waals surface area contributed by atoms with E-state index in [2.05, 4.69) is 9.97 Å². The summed E-state index contributed by atoms with van der Waals surface area (Å²) >= 11 is 0. The molecule has 0 saturated carbocycles. The molecule has 4 rings (SSSR count). The molecule has 1 amide bonds. The van der Waals surface area contributed by atoms with Crippen LogP contribution in [0.15, 0.2) is 35.2 Å². The van der Waals surface area contributed by atoms with Crippen LogP contribution in [-0.2, 0) is 4.74 Å². The van der Waals surface area contributed by atoms with Crippen LogP contribution in [-0.4, -0.2) is 46.7 Å². The van der Waals surface area contributed by atoms with E-state index in [1.54, 1.807) is 29.2 Å². The van der Waals surface area contributed by atoms with Crippen molar-refractivity contribution < 1.29 is 18.3 Å². The number of hydrogen-bond acceptors (Lipinski definition) is 6. The summed E-state index contributed by atoms with van der Waals surface area (Å²) in [6.07, 6.45) is 4.50. The van der Waals surface area contributed by atoms with Crippen LogP contribution in [0.1, 0.15) is 50.7 Å². The fraction of sp³-hybridized carbons (Fsp3) is 0.458. The Morgan fingerprint density at radius 1 is 1.25 bits per heavy atom. The van der Waals surface area contributed by atoms with Crippen LogP contribution >= 0.6 is 0 Å². The van der Waals surface area contributed by atoms with Crippen molar-refractivity contribution in [2.24, 2.45) is 0 Å². The molecule has 0 bridgehead atoms. The van der Waals surface area contributed by atoms with Gasteiger partial charge in [-0.1, -0.05) is 6.07 Å². The monoisotopic (exact) mass is 440 g/mol. The molecule has 0 atom stereocenters. The number of anilines is 2. The first-order valence-electron chi connectivity index (χ1n) is 10.8. The highest BCUT2D eigenvalue weighted by Gasteiger charge is 2.30. The third-order valence-electron chi connectivity index (χ3n) is 5.73. The molecule has 170 valence electrons. The van der Waals surface area contributed by atoms with Crippen molar-refractivity contribution in [2.45, 2.75) is 52.1 Å². The van der Waals surface area contributed by atoms with E-state index >= 15 is 0 Å². The number of nitrogens with zero attached hydrogens (tertiary/aromatic N) is 4. The lowest BCUT2D eigenvalue weighted by atomic mass is 9.90. The highest BCUT2D eigenvalue weighted by atomic mass is 19.1. The number of ether oxygens (including phenoxy) is 1. The molecule has 1 aromatic carbocycles. The van der Waals surface area contributed by atoms with Crippen molar-refractivity contribution in [1.82, 2.24) is 14.9 Å². The molecule has 0 spiro atoms. The topological polar surface area (TPSA) is 71.7 Å². The summed E-state index contributed by atoms with van der Waals surface area (Å²) < 4.78 is 25.9. The average Bonchev–Trinajstić information content (AvgIpc) is 3.16. The predicted octanol–water partition coefficient (Wildman–Crippen LogP) is 5.55. The van der Waals surface area contributed by atoms with Gasteiger partial charge in [-0.25, -0.2) is 19.2 Å². The molecule has 3 heterocycles. The summed E-state index contributed by atoms with van der Waals surface area (Å²) in [7, 11) is 1.76. The number of piperidine rings is 1. The van der Waals surface area contributed by atoms with E-state index < -0.39 is 5.60 Å². The summed E-state index contributed by atoms with van der Waals surface area (Å²) in [5.74, 6) is 0.398. The minimum Gasteiger partial charge on any atom is -0.458 e. The number of hydrogen-bond donors (Lipinski definition) is 0. The lowest BCUT2D eigenvalue weighted by molar-refractivity contribution is 0.0205. The van der Waals surface area contributed by atoms with E-state index in [0.717, 1.165) is 29.5 Å². The molecule has 0 aliphatic carbocycles. The fourth-order valence-corrected chi connectivity index (χ4v) is 4.08. The Hall–Kier alpha value is -3.16. The SMILES string of the molecule is Cc1ccc(N(C)c2ncnc3c(C4CCN(C(=O)OC(C)(C)C)CC4)coc23)c(F)c1. The predicted molar refractivity (Wildman–Crippen MR) is 121 cm³/mol. The number of carbonyl (C=O) groups excluding carboxylic acids is 1. The summed E-state index contributed by atoms with van der Waals surface area (Å²) in [5, 5.41) is 0. The number of furan rings is 1. The zero-order valence-electron chi connectivity index (χ0n) is 19.2. The van der Waals surface area contributed by atoms with Gasteiger partial charge in [-0.15, -0.1) is 0 Å². The number of amides is 1. The first-order chi connectivity index (χ1) is 15.1. The van der Waals surface area contributed by atoms with Crippen LogP contribution in [0.5, 0.6) is 0 Å². The molecule has 1 aliphatic rings. The van der Waals surface area contributed by atoms with Crippen LogP contribution in [0.2, 0.25) is 0 Å². The van der Waals surface area contributed by atoms with Gasteiger partial charge in [-0.3, -0.25) is 0 Å². The molecule has 2 aromatic heterocycles. The number of aromatic nitrogens is 2. The van der Waals surface area contributed by atoms with E-state index in [9.17, 15) is 9.18 Å². The number of aryl methyl sites for hydroxylation is 1. The summed E-state index contributed by atoms with van der Waals surface area (Å²) in [6, 6.07) is 5.09. The van der Waals surface area contributed by atoms with Gasteiger partial charge in [0.25, 0.3) is 0 Å². The molecular weight excluding hydrogens is 411 g/mol. The van der Waals surface area contributed by atoms with Crippen LogP contribution in [0.4, 0.5) is 20.7 Å². The molecule has 7 nitrogen and oxygen atoms in total. The maximum atomic E-state index is 14.5. The number of fused-ring (bicyclic) bond motifs is 1. The Kier molecular flexibility index (Phi) is 5.79. The second kappa shape index (κ2) is 8.41. The third-order valence-corrected chi connectivity index (χ3v) is 5.73. The molecule has 0 radical (unpaired) electrons. The molecule has 1 aliphatic heterocycles. The average molecular weight is 441 g/mol. The van der Waals surface area contributed by atoms with Gasteiger partial charge in [0.1, 0.15) is 23.3 Å². The first-order valence-corrected chi connectivity index (χ1v) is 10.8. The first kappa shape index (κ1) is 22.0. The molecule has 1 fully saturated rings. The normalized spacial score (nSPS) is 15.2. The molecule has 0 unspecified atom stereocenters. The Morgan fingerprint density at radius 2 is 1.97 bits per heavy atom. The second-order valence-electron chi connectivity index (χ2n) is 9.32. The number of halogens is 1. The quantitative estimate of drug-likeness (QED) is 0.532. The van der Waals surface area contributed by atoms with Gasteiger partial charge in [0, 0.05) is 25.7 Å². The lowest BCUT2D eigenvalue weighted by Crippen LogP contribution is -2.41. The van der Waals surface area contributed by atoms with Crippen LogP contribution in [0.3, 0.4) is 0 Å². The van der Waals surface area contributed by atoms with E-state index in [-0.39, 0.29) is 17.8 Å². The zero-order valence-corrected chi connectivity index (χ0v) is 19.2. The number of carbonyl (C=O) groups is 1. The molecular formula is C24H29FN4O3. The van der Waals surface area contributed by atoms with E-state index in [0.29, 0.717) is 30.2 Å². The van der Waals surface area contributed by atoms with Gasteiger partial charge in [-0.05, 0) is 64.2 Å². The minimum absolute atomic E-state index is 0.208. The number of likely N-dealkylation sites (tertiary alicyclic amines) is 1. The Bertz CT molecular complexity index is 1130. The maximum absolute atomic E-state index is 14.5. The van der Waals surface area contributed by atoms with Crippen molar-refractivity contribution in [3.8, 4) is 0 Å².